The topological polar surface area (TPSA) is 66.5 Å². The first-order valence-corrected chi connectivity index (χ1v) is 11.6. The fourth-order valence-corrected chi connectivity index (χ4v) is 4.25. The highest BCUT2D eigenvalue weighted by Crippen LogP contribution is 2.24. The van der Waals surface area contributed by atoms with Gasteiger partial charge in [0.2, 0.25) is 15.9 Å². The van der Waals surface area contributed by atoms with Crippen LogP contribution in [0, 0.1) is 13.8 Å². The van der Waals surface area contributed by atoms with Gasteiger partial charge in [-0.15, -0.1) is 11.8 Å². The number of thioether (sulfide) groups is 1. The van der Waals surface area contributed by atoms with Crippen molar-refractivity contribution in [2.45, 2.75) is 18.7 Å². The van der Waals surface area contributed by atoms with Crippen molar-refractivity contribution in [3.05, 3.63) is 58.6 Å². The van der Waals surface area contributed by atoms with Crippen molar-refractivity contribution in [3.8, 4) is 0 Å². The normalized spacial score (nSPS) is 11.3. The first kappa shape index (κ1) is 21.6. The number of aryl methyl sites for hydroxylation is 2. The average Bonchev–Trinajstić information content (AvgIpc) is 2.59. The van der Waals surface area contributed by atoms with Crippen LogP contribution in [0.4, 0.5) is 5.69 Å². The van der Waals surface area contributed by atoms with Gasteiger partial charge in [0.05, 0.1) is 11.9 Å². The molecule has 0 fully saturated rings. The molecular weight excluding hydrogens is 404 g/mol. The molecule has 0 atom stereocenters. The van der Waals surface area contributed by atoms with Gasteiger partial charge >= 0.3 is 0 Å². The lowest BCUT2D eigenvalue weighted by Crippen LogP contribution is -2.41. The van der Waals surface area contributed by atoms with Crippen molar-refractivity contribution in [1.29, 1.82) is 0 Å². The van der Waals surface area contributed by atoms with Gasteiger partial charge in [0.1, 0.15) is 6.54 Å². The minimum Gasteiger partial charge on any atom is -0.354 e. The molecule has 0 bridgehead atoms. The molecule has 2 aromatic rings. The van der Waals surface area contributed by atoms with E-state index in [1.165, 1.54) is 0 Å². The van der Waals surface area contributed by atoms with Crippen molar-refractivity contribution in [1.82, 2.24) is 5.32 Å². The molecule has 0 aromatic heterocycles. The highest BCUT2D eigenvalue weighted by Gasteiger charge is 2.22. The Balaban J connectivity index is 1.94. The second kappa shape index (κ2) is 9.48. The maximum Gasteiger partial charge on any atom is 0.240 e. The van der Waals surface area contributed by atoms with E-state index in [1.807, 2.05) is 50.2 Å². The molecule has 0 spiro atoms. The molecule has 8 heteroatoms. The van der Waals surface area contributed by atoms with Crippen LogP contribution in [0.1, 0.15) is 11.1 Å². The largest absolute Gasteiger partial charge is 0.354 e. The summed E-state index contributed by atoms with van der Waals surface area (Å²) >= 11 is 7.44. The van der Waals surface area contributed by atoms with Crippen molar-refractivity contribution in [2.24, 2.45) is 0 Å². The van der Waals surface area contributed by atoms with Crippen LogP contribution in [0.5, 0.6) is 0 Å². The Morgan fingerprint density at radius 2 is 1.81 bits per heavy atom. The number of halogens is 1. The van der Waals surface area contributed by atoms with E-state index < -0.39 is 10.0 Å². The quantitative estimate of drug-likeness (QED) is 0.517. The number of rotatable bonds is 8. The van der Waals surface area contributed by atoms with Gasteiger partial charge < -0.3 is 5.32 Å². The Kier molecular flexibility index (Phi) is 7.59. The number of hydrogen-bond donors (Lipinski definition) is 1. The molecule has 0 heterocycles. The lowest BCUT2D eigenvalue weighted by molar-refractivity contribution is -0.119. The highest BCUT2D eigenvalue weighted by molar-refractivity contribution is 7.99. The Bertz CT molecular complexity index is 900. The van der Waals surface area contributed by atoms with Gasteiger partial charge in [0.15, 0.2) is 0 Å². The summed E-state index contributed by atoms with van der Waals surface area (Å²) in [5.74, 6) is 0.341. The second-order valence-electron chi connectivity index (χ2n) is 6.21. The summed E-state index contributed by atoms with van der Waals surface area (Å²) < 4.78 is 25.6. The van der Waals surface area contributed by atoms with E-state index in [2.05, 4.69) is 5.32 Å². The molecule has 2 aromatic carbocycles. The summed E-state index contributed by atoms with van der Waals surface area (Å²) in [6.45, 7) is 3.91. The second-order valence-corrected chi connectivity index (χ2v) is 9.72. The number of carbonyl (C=O) groups is 1. The summed E-state index contributed by atoms with van der Waals surface area (Å²) in [7, 11) is -3.58. The molecule has 0 saturated heterocycles. The summed E-state index contributed by atoms with van der Waals surface area (Å²) in [6, 6.07) is 13.0. The summed E-state index contributed by atoms with van der Waals surface area (Å²) in [5, 5.41) is 3.46. The van der Waals surface area contributed by atoms with Crippen LogP contribution in [-0.4, -0.2) is 39.4 Å². The number of nitrogens with zero attached hydrogens (tertiary/aromatic N) is 1. The van der Waals surface area contributed by atoms with E-state index in [0.29, 0.717) is 23.0 Å². The number of anilines is 1. The van der Waals surface area contributed by atoms with Gasteiger partial charge in [0, 0.05) is 22.2 Å². The molecular formula is C19H23ClN2O3S2. The van der Waals surface area contributed by atoms with E-state index in [1.54, 1.807) is 17.8 Å². The van der Waals surface area contributed by atoms with Crippen LogP contribution in [0.2, 0.25) is 5.02 Å². The van der Waals surface area contributed by atoms with Crippen molar-refractivity contribution in [3.63, 3.8) is 0 Å². The van der Waals surface area contributed by atoms with E-state index in [-0.39, 0.29) is 12.5 Å². The molecule has 0 aliphatic carbocycles. The van der Waals surface area contributed by atoms with Crippen LogP contribution in [0.15, 0.2) is 47.4 Å². The van der Waals surface area contributed by atoms with E-state index in [0.717, 1.165) is 26.6 Å². The maximum absolute atomic E-state index is 12.3. The Labute approximate surface area is 170 Å². The molecule has 0 unspecified atom stereocenters. The Morgan fingerprint density at radius 3 is 2.44 bits per heavy atom. The first-order valence-electron chi connectivity index (χ1n) is 8.37. The molecule has 0 aliphatic rings. The monoisotopic (exact) mass is 426 g/mol. The highest BCUT2D eigenvalue weighted by atomic mass is 35.5. The third-order valence-electron chi connectivity index (χ3n) is 3.83. The predicted molar refractivity (Wildman–Crippen MR) is 113 cm³/mol. The van der Waals surface area contributed by atoms with Crippen LogP contribution in [-0.2, 0) is 14.8 Å². The molecule has 0 aliphatic heterocycles. The third-order valence-corrected chi connectivity index (χ3v) is 6.22. The minimum absolute atomic E-state index is 0.241. The van der Waals surface area contributed by atoms with Gasteiger partial charge in [-0.3, -0.25) is 9.10 Å². The van der Waals surface area contributed by atoms with E-state index in [4.69, 9.17) is 11.6 Å². The number of benzene rings is 2. The van der Waals surface area contributed by atoms with Gasteiger partial charge in [0.25, 0.3) is 0 Å². The Morgan fingerprint density at radius 1 is 1.15 bits per heavy atom. The molecule has 1 amide bonds. The van der Waals surface area contributed by atoms with Gasteiger partial charge in [-0.2, -0.15) is 0 Å². The zero-order valence-electron chi connectivity index (χ0n) is 15.5. The summed E-state index contributed by atoms with van der Waals surface area (Å²) in [6.07, 6.45) is 1.11. The number of hydrogen-bond acceptors (Lipinski definition) is 4. The van der Waals surface area contributed by atoms with Crippen LogP contribution >= 0.6 is 23.4 Å². The number of carbonyl (C=O) groups excluding carboxylic acids is 1. The average molecular weight is 427 g/mol. The van der Waals surface area contributed by atoms with Crippen molar-refractivity contribution in [2.75, 3.05) is 29.4 Å². The molecule has 27 heavy (non-hydrogen) atoms. The predicted octanol–water partition coefficient (Wildman–Crippen LogP) is 3.63. The van der Waals surface area contributed by atoms with Crippen LogP contribution in [0.25, 0.3) is 0 Å². The number of sulfonamides is 1. The SMILES string of the molecule is Cc1ccc(C)c(N(CC(=O)NCCSc2ccc(Cl)cc2)S(C)(=O)=O)c1. The minimum atomic E-state index is -3.58. The van der Waals surface area contributed by atoms with E-state index in [9.17, 15) is 13.2 Å². The molecule has 146 valence electrons. The van der Waals surface area contributed by atoms with Gasteiger partial charge in [-0.05, 0) is 55.3 Å². The molecule has 0 radical (unpaired) electrons. The number of nitrogens with one attached hydrogen (secondary N) is 1. The molecule has 1 N–H and O–H groups in total. The Hall–Kier alpha value is -1.70. The molecule has 2 rings (SSSR count). The lowest BCUT2D eigenvalue weighted by Gasteiger charge is -2.24. The van der Waals surface area contributed by atoms with Crippen molar-refractivity contribution >= 4 is 45.0 Å². The van der Waals surface area contributed by atoms with Crippen molar-refractivity contribution < 1.29 is 13.2 Å². The lowest BCUT2D eigenvalue weighted by atomic mass is 10.1. The molecule has 5 nitrogen and oxygen atoms in total. The maximum atomic E-state index is 12.3. The summed E-state index contributed by atoms with van der Waals surface area (Å²) in [4.78, 5) is 13.3. The fourth-order valence-electron chi connectivity index (χ4n) is 2.45. The molecule has 0 saturated carbocycles. The van der Waals surface area contributed by atoms with Crippen LogP contribution in [0.3, 0.4) is 0 Å². The van der Waals surface area contributed by atoms with Gasteiger partial charge in [-0.1, -0.05) is 23.7 Å². The third kappa shape index (κ3) is 6.75. The van der Waals surface area contributed by atoms with Gasteiger partial charge in [-0.25, -0.2) is 8.42 Å². The zero-order valence-corrected chi connectivity index (χ0v) is 17.9. The standard InChI is InChI=1S/C19H23ClN2O3S2/c1-14-4-5-15(2)18(12-14)22(27(3,24)25)13-19(23)21-10-11-26-17-8-6-16(20)7-9-17/h4-9,12H,10-11,13H2,1-3H3,(H,21,23). The van der Waals surface area contributed by atoms with Crippen LogP contribution < -0.4 is 9.62 Å². The smallest absolute Gasteiger partial charge is 0.240 e. The summed E-state index contributed by atoms with van der Waals surface area (Å²) in [5.41, 5.74) is 2.27. The number of amides is 1. The van der Waals surface area contributed by atoms with E-state index >= 15 is 0 Å². The first-order chi connectivity index (χ1) is 12.7. The fraction of sp³-hybridized carbons (Fsp3) is 0.316. The zero-order chi connectivity index (χ0) is 20.0.